The van der Waals surface area contributed by atoms with Gasteiger partial charge in [0.1, 0.15) is 5.82 Å². The molecule has 23 heavy (non-hydrogen) atoms. The predicted molar refractivity (Wildman–Crippen MR) is 97.3 cm³/mol. The third kappa shape index (κ3) is 5.62. The van der Waals surface area contributed by atoms with E-state index in [1.807, 2.05) is 12.5 Å². The van der Waals surface area contributed by atoms with Crippen LogP contribution >= 0.6 is 11.8 Å². The van der Waals surface area contributed by atoms with E-state index in [1.165, 1.54) is 37.7 Å². The molecule has 5 nitrogen and oxygen atoms in total. The van der Waals surface area contributed by atoms with Gasteiger partial charge in [0, 0.05) is 45.1 Å². The molecule has 1 aromatic rings. The van der Waals surface area contributed by atoms with Crippen molar-refractivity contribution in [3.05, 3.63) is 11.8 Å². The van der Waals surface area contributed by atoms with Gasteiger partial charge in [-0.3, -0.25) is 0 Å². The number of nitrogens with one attached hydrogen (secondary N) is 1. The highest BCUT2D eigenvalue weighted by molar-refractivity contribution is 7.98. The van der Waals surface area contributed by atoms with Crippen molar-refractivity contribution < 1.29 is 4.74 Å². The van der Waals surface area contributed by atoms with Crippen LogP contribution in [0.1, 0.15) is 44.1 Å². The number of aromatic nitrogens is 2. The number of hydrogen-bond acceptors (Lipinski definition) is 6. The van der Waals surface area contributed by atoms with Crippen molar-refractivity contribution in [3.8, 4) is 0 Å². The number of nitrogens with zero attached hydrogens (tertiary/aromatic N) is 3. The summed E-state index contributed by atoms with van der Waals surface area (Å²) in [5.41, 5.74) is 1.19. The van der Waals surface area contributed by atoms with Gasteiger partial charge in [0.15, 0.2) is 5.16 Å². The average Bonchev–Trinajstić information content (AvgIpc) is 2.61. The van der Waals surface area contributed by atoms with Gasteiger partial charge in [-0.15, -0.1) is 0 Å². The molecule has 1 aliphatic rings. The fourth-order valence-electron chi connectivity index (χ4n) is 3.12. The van der Waals surface area contributed by atoms with Gasteiger partial charge in [0.25, 0.3) is 0 Å². The van der Waals surface area contributed by atoms with E-state index in [2.05, 4.69) is 22.2 Å². The molecule has 0 saturated heterocycles. The minimum Gasteiger partial charge on any atom is -0.385 e. The van der Waals surface area contributed by atoms with Crippen molar-refractivity contribution in [1.82, 2.24) is 15.3 Å². The van der Waals surface area contributed by atoms with Crippen molar-refractivity contribution >= 4 is 17.6 Å². The van der Waals surface area contributed by atoms with Crippen molar-refractivity contribution in [2.24, 2.45) is 0 Å². The molecule has 1 aliphatic carbocycles. The highest BCUT2D eigenvalue weighted by atomic mass is 32.2. The van der Waals surface area contributed by atoms with Gasteiger partial charge in [0.05, 0.1) is 0 Å². The lowest BCUT2D eigenvalue weighted by atomic mass is 9.94. The Morgan fingerprint density at radius 1 is 1.35 bits per heavy atom. The summed E-state index contributed by atoms with van der Waals surface area (Å²) in [4.78, 5) is 11.6. The molecule has 0 bridgehead atoms. The van der Waals surface area contributed by atoms with E-state index >= 15 is 0 Å². The van der Waals surface area contributed by atoms with Crippen molar-refractivity contribution in [2.45, 2.75) is 56.3 Å². The van der Waals surface area contributed by atoms with Crippen LogP contribution in [0.3, 0.4) is 0 Å². The molecule has 1 aromatic heterocycles. The molecule has 0 atom stereocenters. The summed E-state index contributed by atoms with van der Waals surface area (Å²) < 4.78 is 5.09. The summed E-state index contributed by atoms with van der Waals surface area (Å²) in [6.45, 7) is 2.55. The Kier molecular flexibility index (Phi) is 8.12. The molecule has 6 heteroatoms. The molecule has 1 fully saturated rings. The molecule has 0 radical (unpaired) electrons. The standard InChI is InChI=1S/C17H30N4OS/c1-21(15-8-5-4-6-9-15)16-14(12-18-10-7-11-22-2)13-19-17(20-16)23-3/h13,15,18H,4-12H2,1-3H3. The third-order valence-corrected chi connectivity index (χ3v) is 5.04. The first-order valence-electron chi connectivity index (χ1n) is 8.58. The molecular formula is C17H30N4OS. The van der Waals surface area contributed by atoms with Gasteiger partial charge in [0.2, 0.25) is 0 Å². The zero-order valence-corrected chi connectivity index (χ0v) is 15.5. The monoisotopic (exact) mass is 338 g/mol. The van der Waals surface area contributed by atoms with Crippen LogP contribution in [-0.2, 0) is 11.3 Å². The Morgan fingerprint density at radius 3 is 2.83 bits per heavy atom. The van der Waals surface area contributed by atoms with Crippen LogP contribution in [0.5, 0.6) is 0 Å². The SMILES string of the molecule is COCCCNCc1cnc(SC)nc1N(C)C1CCCCC1. The summed E-state index contributed by atoms with van der Waals surface area (Å²) in [6.07, 6.45) is 11.6. The number of anilines is 1. The van der Waals surface area contributed by atoms with Gasteiger partial charge >= 0.3 is 0 Å². The maximum Gasteiger partial charge on any atom is 0.189 e. The minimum absolute atomic E-state index is 0.612. The van der Waals surface area contributed by atoms with Crippen molar-refractivity contribution in [3.63, 3.8) is 0 Å². The zero-order chi connectivity index (χ0) is 16.5. The van der Waals surface area contributed by atoms with E-state index in [0.717, 1.165) is 37.1 Å². The van der Waals surface area contributed by atoms with Gasteiger partial charge in [-0.1, -0.05) is 31.0 Å². The molecule has 0 aliphatic heterocycles. The maximum atomic E-state index is 5.09. The molecule has 130 valence electrons. The quantitative estimate of drug-likeness (QED) is 0.424. The lowest BCUT2D eigenvalue weighted by Gasteiger charge is -2.33. The Hall–Kier alpha value is -0.850. The molecule has 1 N–H and O–H groups in total. The number of thioether (sulfide) groups is 1. The minimum atomic E-state index is 0.612. The Morgan fingerprint density at radius 2 is 2.13 bits per heavy atom. The van der Waals surface area contributed by atoms with Crippen molar-refractivity contribution in [2.75, 3.05) is 38.5 Å². The first-order chi connectivity index (χ1) is 11.3. The number of methoxy groups -OCH3 is 1. The normalized spacial score (nSPS) is 15.8. The van der Waals surface area contributed by atoms with E-state index < -0.39 is 0 Å². The molecule has 1 saturated carbocycles. The van der Waals surface area contributed by atoms with Crippen LogP contribution in [0.2, 0.25) is 0 Å². The number of ether oxygens (including phenoxy) is 1. The molecule has 0 amide bonds. The second-order valence-electron chi connectivity index (χ2n) is 6.13. The molecule has 2 rings (SSSR count). The van der Waals surface area contributed by atoms with Crippen LogP contribution in [0.4, 0.5) is 5.82 Å². The van der Waals surface area contributed by atoms with Gasteiger partial charge in [-0.05, 0) is 32.1 Å². The molecule has 1 heterocycles. The van der Waals surface area contributed by atoms with E-state index in [-0.39, 0.29) is 0 Å². The summed E-state index contributed by atoms with van der Waals surface area (Å²) in [5, 5.41) is 4.33. The first-order valence-corrected chi connectivity index (χ1v) is 9.81. The number of rotatable bonds is 9. The molecule has 0 aromatic carbocycles. The van der Waals surface area contributed by atoms with Gasteiger partial charge in [-0.25, -0.2) is 9.97 Å². The Labute approximate surface area is 144 Å². The summed E-state index contributed by atoms with van der Waals surface area (Å²) in [5.74, 6) is 1.09. The second-order valence-corrected chi connectivity index (χ2v) is 6.90. The van der Waals surface area contributed by atoms with E-state index in [4.69, 9.17) is 9.72 Å². The maximum absolute atomic E-state index is 5.09. The van der Waals surface area contributed by atoms with E-state index in [0.29, 0.717) is 6.04 Å². The van der Waals surface area contributed by atoms with E-state index in [1.54, 1.807) is 18.9 Å². The smallest absolute Gasteiger partial charge is 0.189 e. The average molecular weight is 339 g/mol. The van der Waals surface area contributed by atoms with Gasteiger partial charge < -0.3 is 15.0 Å². The van der Waals surface area contributed by atoms with Crippen LogP contribution in [0, 0.1) is 0 Å². The Bertz CT molecular complexity index is 466. The largest absolute Gasteiger partial charge is 0.385 e. The van der Waals surface area contributed by atoms with Crippen LogP contribution < -0.4 is 10.2 Å². The fraction of sp³-hybridized carbons (Fsp3) is 0.765. The zero-order valence-electron chi connectivity index (χ0n) is 14.7. The van der Waals surface area contributed by atoms with Crippen LogP contribution in [0.15, 0.2) is 11.4 Å². The second kappa shape index (κ2) is 10.1. The predicted octanol–water partition coefficient (Wildman–Crippen LogP) is 3.09. The lowest BCUT2D eigenvalue weighted by molar-refractivity contribution is 0.194. The highest BCUT2D eigenvalue weighted by Crippen LogP contribution is 2.28. The van der Waals surface area contributed by atoms with Gasteiger partial charge in [-0.2, -0.15) is 0 Å². The van der Waals surface area contributed by atoms with Crippen LogP contribution in [0.25, 0.3) is 0 Å². The van der Waals surface area contributed by atoms with Crippen LogP contribution in [-0.4, -0.2) is 49.6 Å². The topological polar surface area (TPSA) is 50.3 Å². The third-order valence-electron chi connectivity index (χ3n) is 4.48. The summed E-state index contributed by atoms with van der Waals surface area (Å²) >= 11 is 1.60. The number of hydrogen-bond donors (Lipinski definition) is 1. The molecule has 0 spiro atoms. The molecule has 0 unspecified atom stereocenters. The fourth-order valence-corrected chi connectivity index (χ4v) is 3.45. The van der Waals surface area contributed by atoms with E-state index in [9.17, 15) is 0 Å². The van der Waals surface area contributed by atoms with Crippen molar-refractivity contribution in [1.29, 1.82) is 0 Å². The summed E-state index contributed by atoms with van der Waals surface area (Å²) in [6, 6.07) is 0.612. The first kappa shape index (κ1) is 18.5. The Balaban J connectivity index is 2.04. The highest BCUT2D eigenvalue weighted by Gasteiger charge is 2.21. The lowest BCUT2D eigenvalue weighted by Crippen LogP contribution is -2.35. The molecular weight excluding hydrogens is 308 g/mol. The summed E-state index contributed by atoms with van der Waals surface area (Å²) in [7, 11) is 3.93.